The lowest BCUT2D eigenvalue weighted by Crippen LogP contribution is -2.39. The summed E-state index contributed by atoms with van der Waals surface area (Å²) in [6.45, 7) is 3.32. The lowest BCUT2D eigenvalue weighted by Gasteiger charge is -2.24. The van der Waals surface area contributed by atoms with Gasteiger partial charge < -0.3 is 14.8 Å². The number of carbonyl (C=O) groups is 1. The SMILES string of the molecule is Cc1ccc(OCCNC(=O)[C@H]2COc3ccc(Cl)cc3C2)cc1. The molecular weight excluding hydrogens is 326 g/mol. The van der Waals surface area contributed by atoms with Crippen LogP contribution in [0.2, 0.25) is 5.02 Å². The molecule has 0 bridgehead atoms. The van der Waals surface area contributed by atoms with Crippen molar-refractivity contribution in [3.8, 4) is 11.5 Å². The molecule has 126 valence electrons. The zero-order valence-electron chi connectivity index (χ0n) is 13.5. The van der Waals surface area contributed by atoms with Crippen molar-refractivity contribution in [3.05, 3.63) is 58.6 Å². The number of ether oxygens (including phenoxy) is 2. The minimum absolute atomic E-state index is 0.0202. The fourth-order valence-corrected chi connectivity index (χ4v) is 2.85. The number of hydrogen-bond acceptors (Lipinski definition) is 3. The Morgan fingerprint density at radius 2 is 2.08 bits per heavy atom. The fourth-order valence-electron chi connectivity index (χ4n) is 2.65. The van der Waals surface area contributed by atoms with E-state index in [1.165, 1.54) is 5.56 Å². The Labute approximate surface area is 146 Å². The van der Waals surface area contributed by atoms with E-state index in [1.807, 2.05) is 43.3 Å². The summed E-state index contributed by atoms with van der Waals surface area (Å²) in [4.78, 5) is 12.3. The molecule has 0 saturated carbocycles. The molecule has 1 atom stereocenters. The molecule has 1 heterocycles. The van der Waals surface area contributed by atoms with Crippen molar-refractivity contribution in [1.82, 2.24) is 5.32 Å². The maximum Gasteiger partial charge on any atom is 0.227 e. The van der Waals surface area contributed by atoms with E-state index in [1.54, 1.807) is 6.07 Å². The Bertz CT molecular complexity index is 715. The number of hydrogen-bond donors (Lipinski definition) is 1. The summed E-state index contributed by atoms with van der Waals surface area (Å²) in [5.41, 5.74) is 2.16. The standard InChI is InChI=1S/C19H20ClNO3/c1-13-2-5-17(6-3-13)23-9-8-21-19(22)15-10-14-11-16(20)4-7-18(14)24-12-15/h2-7,11,15H,8-10,12H2,1H3,(H,21,22)/t15-/m1/s1. The molecule has 1 N–H and O–H groups in total. The quantitative estimate of drug-likeness (QED) is 0.845. The summed E-state index contributed by atoms with van der Waals surface area (Å²) in [5, 5.41) is 3.56. The molecule has 0 aliphatic carbocycles. The number of aryl methyl sites for hydroxylation is 1. The topological polar surface area (TPSA) is 47.6 Å². The molecular formula is C19H20ClNO3. The van der Waals surface area contributed by atoms with Crippen molar-refractivity contribution in [2.45, 2.75) is 13.3 Å². The fraction of sp³-hybridized carbons (Fsp3) is 0.316. The smallest absolute Gasteiger partial charge is 0.227 e. The Morgan fingerprint density at radius 1 is 1.29 bits per heavy atom. The van der Waals surface area contributed by atoms with Crippen molar-refractivity contribution in [1.29, 1.82) is 0 Å². The van der Waals surface area contributed by atoms with Crippen molar-refractivity contribution >= 4 is 17.5 Å². The highest BCUT2D eigenvalue weighted by atomic mass is 35.5. The molecule has 1 aliphatic rings. The van der Waals surface area contributed by atoms with Crippen LogP contribution in [0.3, 0.4) is 0 Å². The van der Waals surface area contributed by atoms with E-state index >= 15 is 0 Å². The first-order valence-corrected chi connectivity index (χ1v) is 8.38. The van der Waals surface area contributed by atoms with Gasteiger partial charge in [-0.3, -0.25) is 4.79 Å². The van der Waals surface area contributed by atoms with Gasteiger partial charge in [0.2, 0.25) is 5.91 Å². The lowest BCUT2D eigenvalue weighted by molar-refractivity contribution is -0.126. The average Bonchev–Trinajstić information content (AvgIpc) is 2.59. The van der Waals surface area contributed by atoms with Gasteiger partial charge in [-0.1, -0.05) is 29.3 Å². The van der Waals surface area contributed by atoms with Gasteiger partial charge in [0.25, 0.3) is 0 Å². The largest absolute Gasteiger partial charge is 0.492 e. The molecule has 1 amide bonds. The summed E-state index contributed by atoms with van der Waals surface area (Å²) in [5.74, 6) is 1.40. The van der Waals surface area contributed by atoms with Crippen LogP contribution in [0.15, 0.2) is 42.5 Å². The van der Waals surface area contributed by atoms with Gasteiger partial charge in [0.1, 0.15) is 24.7 Å². The third-order valence-electron chi connectivity index (χ3n) is 3.99. The predicted molar refractivity (Wildman–Crippen MR) is 93.8 cm³/mol. The van der Waals surface area contributed by atoms with E-state index in [4.69, 9.17) is 21.1 Å². The maximum atomic E-state index is 12.3. The molecule has 2 aromatic rings. The highest BCUT2D eigenvalue weighted by molar-refractivity contribution is 6.30. The molecule has 0 aromatic heterocycles. The van der Waals surface area contributed by atoms with Gasteiger partial charge in [0.15, 0.2) is 0 Å². The van der Waals surface area contributed by atoms with Gasteiger partial charge in [0.05, 0.1) is 12.5 Å². The Kier molecular flexibility index (Phi) is 5.26. The van der Waals surface area contributed by atoms with Crippen LogP contribution in [0.25, 0.3) is 0 Å². The molecule has 2 aromatic carbocycles. The van der Waals surface area contributed by atoms with Crippen LogP contribution in [0, 0.1) is 12.8 Å². The molecule has 3 rings (SSSR count). The summed E-state index contributed by atoms with van der Waals surface area (Å²) in [6.07, 6.45) is 0.639. The molecule has 0 spiro atoms. The first-order valence-electron chi connectivity index (χ1n) is 8.00. The maximum absolute atomic E-state index is 12.3. The number of fused-ring (bicyclic) bond motifs is 1. The van der Waals surface area contributed by atoms with Crippen molar-refractivity contribution < 1.29 is 14.3 Å². The van der Waals surface area contributed by atoms with Crippen molar-refractivity contribution in [2.24, 2.45) is 5.92 Å². The molecule has 0 saturated heterocycles. The van der Waals surface area contributed by atoms with Gasteiger partial charge in [-0.15, -0.1) is 0 Å². The predicted octanol–water partition coefficient (Wildman–Crippen LogP) is 3.39. The van der Waals surface area contributed by atoms with Crippen LogP contribution in [-0.2, 0) is 11.2 Å². The first-order chi connectivity index (χ1) is 11.6. The first kappa shape index (κ1) is 16.7. The summed E-state index contributed by atoms with van der Waals surface area (Å²) >= 11 is 6.00. The normalized spacial score (nSPS) is 16.0. The number of carbonyl (C=O) groups excluding carboxylic acids is 1. The Morgan fingerprint density at radius 3 is 2.88 bits per heavy atom. The second-order valence-corrected chi connectivity index (χ2v) is 6.35. The molecule has 5 heteroatoms. The van der Waals surface area contributed by atoms with Gasteiger partial charge in [-0.05, 0) is 49.2 Å². The highest BCUT2D eigenvalue weighted by Gasteiger charge is 2.25. The van der Waals surface area contributed by atoms with Crippen LogP contribution in [-0.4, -0.2) is 25.7 Å². The van der Waals surface area contributed by atoms with Crippen molar-refractivity contribution in [3.63, 3.8) is 0 Å². The Balaban J connectivity index is 1.45. The van der Waals surface area contributed by atoms with Crippen LogP contribution in [0.5, 0.6) is 11.5 Å². The molecule has 24 heavy (non-hydrogen) atoms. The van der Waals surface area contributed by atoms with Gasteiger partial charge >= 0.3 is 0 Å². The number of nitrogens with one attached hydrogen (secondary N) is 1. The Hall–Kier alpha value is -2.20. The minimum Gasteiger partial charge on any atom is -0.492 e. The molecule has 4 nitrogen and oxygen atoms in total. The average molecular weight is 346 g/mol. The molecule has 0 fully saturated rings. The zero-order chi connectivity index (χ0) is 16.9. The monoisotopic (exact) mass is 345 g/mol. The van der Waals surface area contributed by atoms with E-state index in [0.29, 0.717) is 31.2 Å². The molecule has 0 radical (unpaired) electrons. The molecule has 0 unspecified atom stereocenters. The number of amides is 1. The van der Waals surface area contributed by atoms with Crippen LogP contribution >= 0.6 is 11.6 Å². The van der Waals surface area contributed by atoms with E-state index in [-0.39, 0.29) is 11.8 Å². The summed E-state index contributed by atoms with van der Waals surface area (Å²) in [6, 6.07) is 13.3. The number of rotatable bonds is 5. The highest BCUT2D eigenvalue weighted by Crippen LogP contribution is 2.29. The van der Waals surface area contributed by atoms with Gasteiger partial charge in [-0.25, -0.2) is 0 Å². The van der Waals surface area contributed by atoms with Gasteiger partial charge in [-0.2, -0.15) is 0 Å². The second-order valence-electron chi connectivity index (χ2n) is 5.92. The lowest BCUT2D eigenvalue weighted by atomic mass is 9.96. The minimum atomic E-state index is -0.199. The summed E-state index contributed by atoms with van der Waals surface area (Å²) in [7, 11) is 0. The van der Waals surface area contributed by atoms with Crippen LogP contribution in [0.4, 0.5) is 0 Å². The van der Waals surface area contributed by atoms with E-state index < -0.39 is 0 Å². The van der Waals surface area contributed by atoms with Crippen LogP contribution in [0.1, 0.15) is 11.1 Å². The number of halogens is 1. The van der Waals surface area contributed by atoms with Crippen molar-refractivity contribution in [2.75, 3.05) is 19.8 Å². The van der Waals surface area contributed by atoms with Gasteiger partial charge in [0, 0.05) is 5.02 Å². The number of benzene rings is 2. The van der Waals surface area contributed by atoms with E-state index in [2.05, 4.69) is 5.32 Å². The zero-order valence-corrected chi connectivity index (χ0v) is 14.3. The summed E-state index contributed by atoms with van der Waals surface area (Å²) < 4.78 is 11.3. The van der Waals surface area contributed by atoms with E-state index in [0.717, 1.165) is 17.1 Å². The third-order valence-corrected chi connectivity index (χ3v) is 4.23. The van der Waals surface area contributed by atoms with Crippen LogP contribution < -0.4 is 14.8 Å². The second kappa shape index (κ2) is 7.58. The third kappa shape index (κ3) is 4.20. The van der Waals surface area contributed by atoms with E-state index in [9.17, 15) is 4.79 Å². The molecule has 1 aliphatic heterocycles.